The van der Waals surface area contributed by atoms with Crippen molar-refractivity contribution in [2.24, 2.45) is 14.1 Å². The van der Waals surface area contributed by atoms with E-state index in [0.29, 0.717) is 5.82 Å². The summed E-state index contributed by atoms with van der Waals surface area (Å²) in [6.07, 6.45) is 3.09. The molecule has 2 rings (SSSR count). The second kappa shape index (κ2) is 4.66. The van der Waals surface area contributed by atoms with Gasteiger partial charge in [0.15, 0.2) is 0 Å². The van der Waals surface area contributed by atoms with Crippen molar-refractivity contribution in [2.45, 2.75) is 0 Å². The summed E-state index contributed by atoms with van der Waals surface area (Å²) in [7, 11) is 3.49. The molecule has 8 nitrogen and oxygen atoms in total. The van der Waals surface area contributed by atoms with Crippen LogP contribution in [0.5, 0.6) is 0 Å². The number of hydrogen-bond donors (Lipinski definition) is 0. The molecule has 0 saturated carbocycles. The van der Waals surface area contributed by atoms with Crippen molar-refractivity contribution in [2.75, 3.05) is 0 Å². The second-order valence-electron chi connectivity index (χ2n) is 2.35. The van der Waals surface area contributed by atoms with E-state index >= 15 is 0 Å². The van der Waals surface area contributed by atoms with Crippen LogP contribution in [-0.2, 0) is 14.1 Å². The zero-order valence-corrected chi connectivity index (χ0v) is 7.73. The summed E-state index contributed by atoms with van der Waals surface area (Å²) in [5.74, 6) is 0.340. The summed E-state index contributed by atoms with van der Waals surface area (Å²) < 4.78 is 3.02. The molecule has 0 aliphatic heterocycles. The van der Waals surface area contributed by atoms with Crippen LogP contribution >= 0.6 is 0 Å². The minimum Gasteiger partial charge on any atom is -0.358 e. The standard InChI is InChI=1S/C4H4N4.C2H4N4/c1-5-4-3-8(2)7-6-4;1-6-2-3-4-5-6/h3H,2H3;2H,1H3. The molecule has 0 amide bonds. The molecule has 72 valence electrons. The molecule has 0 aliphatic carbocycles. The van der Waals surface area contributed by atoms with Crippen LogP contribution in [0.4, 0.5) is 5.82 Å². The van der Waals surface area contributed by atoms with E-state index in [1.54, 1.807) is 20.3 Å². The van der Waals surface area contributed by atoms with Crippen molar-refractivity contribution in [3.8, 4) is 0 Å². The Labute approximate surface area is 80.0 Å². The van der Waals surface area contributed by atoms with E-state index in [4.69, 9.17) is 6.57 Å². The topological polar surface area (TPSA) is 78.7 Å². The number of nitrogens with zero attached hydrogens (tertiary/aromatic N) is 8. The average molecular weight is 192 g/mol. The fourth-order valence-corrected chi connectivity index (χ4v) is 0.593. The van der Waals surface area contributed by atoms with E-state index in [1.807, 2.05) is 0 Å². The summed E-state index contributed by atoms with van der Waals surface area (Å²) in [5, 5.41) is 17.2. The number of tetrazole rings is 1. The van der Waals surface area contributed by atoms with Crippen molar-refractivity contribution in [1.29, 1.82) is 0 Å². The maximum Gasteiger partial charge on any atom is 0.315 e. The van der Waals surface area contributed by atoms with Crippen LogP contribution in [0.3, 0.4) is 0 Å². The van der Waals surface area contributed by atoms with Crippen LogP contribution in [0.1, 0.15) is 0 Å². The molecule has 2 aromatic heterocycles. The first kappa shape index (κ1) is 9.79. The molecule has 2 heterocycles. The smallest absolute Gasteiger partial charge is 0.315 e. The summed E-state index contributed by atoms with van der Waals surface area (Å²) >= 11 is 0. The van der Waals surface area contributed by atoms with Crippen molar-refractivity contribution < 1.29 is 0 Å². The van der Waals surface area contributed by atoms with Gasteiger partial charge in [0.05, 0.1) is 6.20 Å². The lowest BCUT2D eigenvalue weighted by Gasteiger charge is -1.73. The predicted molar refractivity (Wildman–Crippen MR) is 46.1 cm³/mol. The lowest BCUT2D eigenvalue weighted by Crippen LogP contribution is -1.85. The average Bonchev–Trinajstić information content (AvgIpc) is 2.77. The SMILES string of the molecule is Cn1cnnn1.[C-]#[N+]c1cn(C)nn1. The highest BCUT2D eigenvalue weighted by atomic mass is 15.5. The van der Waals surface area contributed by atoms with Crippen molar-refractivity contribution in [1.82, 2.24) is 35.2 Å². The molecule has 0 saturated heterocycles. The van der Waals surface area contributed by atoms with E-state index in [2.05, 4.69) is 30.7 Å². The maximum absolute atomic E-state index is 6.47. The Bertz CT molecular complexity index is 407. The fraction of sp³-hybridized carbons (Fsp3) is 0.333. The number of hydrogen-bond acceptors (Lipinski definition) is 5. The van der Waals surface area contributed by atoms with Gasteiger partial charge in [0.2, 0.25) is 0 Å². The second-order valence-corrected chi connectivity index (χ2v) is 2.35. The lowest BCUT2D eigenvalue weighted by atomic mass is 10.8. The molecule has 0 aliphatic rings. The van der Waals surface area contributed by atoms with Crippen LogP contribution < -0.4 is 0 Å². The normalized spacial score (nSPS) is 8.64. The van der Waals surface area contributed by atoms with Crippen LogP contribution in [0.2, 0.25) is 0 Å². The van der Waals surface area contributed by atoms with Crippen LogP contribution in [0.25, 0.3) is 4.85 Å². The predicted octanol–water partition coefficient (Wildman–Crippen LogP) is -0.424. The summed E-state index contributed by atoms with van der Waals surface area (Å²) in [6.45, 7) is 6.47. The molecular weight excluding hydrogens is 184 g/mol. The summed E-state index contributed by atoms with van der Waals surface area (Å²) in [5.41, 5.74) is 0. The van der Waals surface area contributed by atoms with Crippen LogP contribution in [-0.4, -0.2) is 35.2 Å². The van der Waals surface area contributed by atoms with E-state index in [0.717, 1.165) is 0 Å². The first-order valence-electron chi connectivity index (χ1n) is 3.63. The first-order chi connectivity index (χ1) is 6.72. The van der Waals surface area contributed by atoms with Crippen molar-refractivity contribution in [3.05, 3.63) is 23.9 Å². The molecule has 14 heavy (non-hydrogen) atoms. The summed E-state index contributed by atoms with van der Waals surface area (Å²) in [4.78, 5) is 3.05. The molecule has 0 spiro atoms. The number of rotatable bonds is 0. The minimum atomic E-state index is 0.340. The molecule has 0 atom stereocenters. The van der Waals surface area contributed by atoms with Gasteiger partial charge in [-0.25, -0.2) is 9.36 Å². The molecule has 8 heteroatoms. The Morgan fingerprint density at radius 2 is 2.07 bits per heavy atom. The van der Waals surface area contributed by atoms with E-state index < -0.39 is 0 Å². The Balaban J connectivity index is 0.000000146. The van der Waals surface area contributed by atoms with Gasteiger partial charge in [-0.2, -0.15) is 0 Å². The Hall–Kier alpha value is -2.30. The molecule has 2 aromatic rings. The Morgan fingerprint density at radius 3 is 2.29 bits per heavy atom. The molecule has 0 fully saturated rings. The monoisotopic (exact) mass is 192 g/mol. The maximum atomic E-state index is 6.47. The first-order valence-corrected chi connectivity index (χ1v) is 3.63. The molecule has 0 N–H and O–H groups in total. The van der Waals surface area contributed by atoms with Gasteiger partial charge < -0.3 is 4.85 Å². The molecular formula is C6H8N8. The van der Waals surface area contributed by atoms with E-state index in [-0.39, 0.29) is 0 Å². The van der Waals surface area contributed by atoms with Gasteiger partial charge in [0.1, 0.15) is 6.33 Å². The largest absolute Gasteiger partial charge is 0.358 e. The third-order valence-electron chi connectivity index (χ3n) is 1.16. The van der Waals surface area contributed by atoms with Gasteiger partial charge in [0, 0.05) is 24.4 Å². The number of aromatic nitrogens is 7. The van der Waals surface area contributed by atoms with Crippen molar-refractivity contribution in [3.63, 3.8) is 0 Å². The van der Waals surface area contributed by atoms with Gasteiger partial charge in [-0.15, -0.1) is 5.10 Å². The zero-order valence-electron chi connectivity index (χ0n) is 7.73. The van der Waals surface area contributed by atoms with Gasteiger partial charge in [-0.1, -0.05) is 6.57 Å². The Kier molecular flexibility index (Phi) is 3.26. The summed E-state index contributed by atoms with van der Waals surface area (Å²) in [6, 6.07) is 0. The van der Waals surface area contributed by atoms with Gasteiger partial charge in [-0.05, 0) is 10.4 Å². The van der Waals surface area contributed by atoms with Gasteiger partial charge in [-0.3, -0.25) is 0 Å². The van der Waals surface area contributed by atoms with Gasteiger partial charge in [0.25, 0.3) is 0 Å². The highest BCUT2D eigenvalue weighted by molar-refractivity contribution is 5.29. The van der Waals surface area contributed by atoms with Crippen LogP contribution in [0, 0.1) is 6.57 Å². The molecule has 0 bridgehead atoms. The molecule has 0 unspecified atom stereocenters. The highest BCUT2D eigenvalue weighted by Crippen LogP contribution is 2.00. The number of aryl methyl sites for hydroxylation is 2. The lowest BCUT2D eigenvalue weighted by molar-refractivity contribution is 0.710. The van der Waals surface area contributed by atoms with Gasteiger partial charge >= 0.3 is 5.82 Å². The third kappa shape index (κ3) is 2.98. The molecule has 0 radical (unpaired) electrons. The molecule has 0 aromatic carbocycles. The Morgan fingerprint density at radius 1 is 1.29 bits per heavy atom. The third-order valence-corrected chi connectivity index (χ3v) is 1.16. The zero-order chi connectivity index (χ0) is 10.4. The fourth-order valence-electron chi connectivity index (χ4n) is 0.593. The minimum absolute atomic E-state index is 0.340. The van der Waals surface area contributed by atoms with E-state index in [1.165, 1.54) is 15.7 Å². The highest BCUT2D eigenvalue weighted by Gasteiger charge is 1.93. The van der Waals surface area contributed by atoms with E-state index in [9.17, 15) is 0 Å². The quantitative estimate of drug-likeness (QED) is 0.529. The van der Waals surface area contributed by atoms with Crippen LogP contribution in [0.15, 0.2) is 12.5 Å². The van der Waals surface area contributed by atoms with Crippen molar-refractivity contribution >= 4 is 5.82 Å².